The molecule has 136 valence electrons. The molecule has 0 aliphatic heterocycles. The third kappa shape index (κ3) is 4.65. The molecule has 0 amide bonds. The van der Waals surface area contributed by atoms with Gasteiger partial charge in [0, 0.05) is 24.7 Å². The van der Waals surface area contributed by atoms with E-state index in [-0.39, 0.29) is 18.4 Å². The van der Waals surface area contributed by atoms with Crippen LogP contribution in [-0.4, -0.2) is 32.8 Å². The summed E-state index contributed by atoms with van der Waals surface area (Å²) in [6.45, 7) is 0.518. The van der Waals surface area contributed by atoms with E-state index in [1.165, 1.54) is 7.11 Å². The van der Waals surface area contributed by atoms with Gasteiger partial charge in [0.2, 0.25) is 0 Å². The Morgan fingerprint density at radius 2 is 1.92 bits per heavy atom. The van der Waals surface area contributed by atoms with Crippen molar-refractivity contribution in [1.29, 1.82) is 0 Å². The first-order chi connectivity index (χ1) is 12.2. The number of rotatable bonds is 6. The number of aromatic nitrogens is 4. The summed E-state index contributed by atoms with van der Waals surface area (Å²) in [6.07, 6.45) is 4.32. The lowest BCUT2D eigenvalue weighted by Gasteiger charge is -2.04. The van der Waals surface area contributed by atoms with Gasteiger partial charge in [-0.25, -0.2) is 4.98 Å². The molecule has 0 atom stereocenters. The minimum Gasteiger partial charge on any atom is -0.469 e. The number of esters is 1. The maximum atomic E-state index is 11.2. The van der Waals surface area contributed by atoms with Crippen molar-refractivity contribution in [3.63, 3.8) is 0 Å². The van der Waals surface area contributed by atoms with E-state index in [1.54, 1.807) is 10.9 Å². The number of nitrogens with two attached hydrogens (primary N) is 1. The van der Waals surface area contributed by atoms with Crippen LogP contribution in [-0.2, 0) is 22.5 Å². The van der Waals surface area contributed by atoms with E-state index in [1.807, 2.05) is 42.6 Å². The van der Waals surface area contributed by atoms with Crippen molar-refractivity contribution in [2.75, 3.05) is 7.11 Å². The molecule has 0 aliphatic carbocycles. The average molecular weight is 374 g/mol. The van der Waals surface area contributed by atoms with Crippen molar-refractivity contribution in [1.82, 2.24) is 19.7 Å². The number of imidazole rings is 1. The van der Waals surface area contributed by atoms with Crippen LogP contribution in [0.15, 0.2) is 48.9 Å². The van der Waals surface area contributed by atoms with E-state index in [4.69, 9.17) is 5.73 Å². The molecule has 0 fully saturated rings. The number of benzene rings is 1. The highest BCUT2D eigenvalue weighted by Crippen LogP contribution is 2.18. The maximum absolute atomic E-state index is 11.2. The molecule has 1 aromatic carbocycles. The summed E-state index contributed by atoms with van der Waals surface area (Å²) >= 11 is 0. The van der Waals surface area contributed by atoms with Crippen molar-refractivity contribution in [3.05, 3.63) is 60.2 Å². The number of carbonyl (C=O) groups is 1. The van der Waals surface area contributed by atoms with E-state index >= 15 is 0 Å². The first kappa shape index (κ1) is 19.6. The fraction of sp³-hybridized carbons (Fsp3) is 0.222. The summed E-state index contributed by atoms with van der Waals surface area (Å²) in [5.74, 6) is 0.415. The van der Waals surface area contributed by atoms with Crippen molar-refractivity contribution < 1.29 is 9.53 Å². The van der Waals surface area contributed by atoms with Crippen LogP contribution in [0.25, 0.3) is 17.1 Å². The van der Waals surface area contributed by atoms with Crippen molar-refractivity contribution in [2.24, 2.45) is 5.73 Å². The van der Waals surface area contributed by atoms with Gasteiger partial charge in [0.25, 0.3) is 0 Å². The summed E-state index contributed by atoms with van der Waals surface area (Å²) in [6, 6.07) is 11.7. The summed E-state index contributed by atoms with van der Waals surface area (Å²) < 4.78 is 6.41. The number of halogens is 1. The molecule has 3 aromatic rings. The third-order valence-electron chi connectivity index (χ3n) is 3.85. The zero-order valence-electron chi connectivity index (χ0n) is 14.3. The fourth-order valence-corrected chi connectivity index (χ4v) is 2.38. The molecule has 0 aliphatic rings. The smallest absolute Gasteiger partial charge is 0.305 e. The minimum absolute atomic E-state index is 0. The number of aryl methyl sites for hydroxylation is 1. The molecular weight excluding hydrogens is 354 g/mol. The monoisotopic (exact) mass is 373 g/mol. The SMILES string of the molecule is COC(=O)CCc1cn(-c2ccc(-c3ccc(CN)cc3)nn2)cn1.Cl. The van der Waals surface area contributed by atoms with E-state index in [0.717, 1.165) is 22.5 Å². The first-order valence-corrected chi connectivity index (χ1v) is 7.93. The van der Waals surface area contributed by atoms with Crippen LogP contribution in [0.5, 0.6) is 0 Å². The Morgan fingerprint density at radius 1 is 1.15 bits per heavy atom. The van der Waals surface area contributed by atoms with Crippen LogP contribution >= 0.6 is 12.4 Å². The number of carbonyl (C=O) groups excluding carboxylic acids is 1. The third-order valence-corrected chi connectivity index (χ3v) is 3.85. The number of ether oxygens (including phenoxy) is 1. The van der Waals surface area contributed by atoms with E-state index < -0.39 is 0 Å². The first-order valence-electron chi connectivity index (χ1n) is 7.93. The highest BCUT2D eigenvalue weighted by Gasteiger charge is 2.07. The second-order valence-electron chi connectivity index (χ2n) is 5.53. The van der Waals surface area contributed by atoms with Gasteiger partial charge in [0.1, 0.15) is 6.33 Å². The quantitative estimate of drug-likeness (QED) is 0.666. The molecule has 2 heterocycles. The zero-order chi connectivity index (χ0) is 17.6. The zero-order valence-corrected chi connectivity index (χ0v) is 15.1. The minimum atomic E-state index is -0.251. The molecule has 0 saturated carbocycles. The Kier molecular flexibility index (Phi) is 6.82. The van der Waals surface area contributed by atoms with Gasteiger partial charge in [-0.1, -0.05) is 24.3 Å². The highest BCUT2D eigenvalue weighted by molar-refractivity contribution is 5.85. The molecule has 0 saturated heterocycles. The van der Waals surface area contributed by atoms with Gasteiger partial charge >= 0.3 is 5.97 Å². The summed E-state index contributed by atoms with van der Waals surface area (Å²) in [7, 11) is 1.38. The average Bonchev–Trinajstić information content (AvgIpc) is 3.15. The lowest BCUT2D eigenvalue weighted by atomic mass is 10.1. The fourth-order valence-electron chi connectivity index (χ4n) is 2.38. The van der Waals surface area contributed by atoms with Gasteiger partial charge in [-0.2, -0.15) is 0 Å². The topological polar surface area (TPSA) is 95.9 Å². The predicted octanol–water partition coefficient (Wildman–Crippen LogP) is 2.32. The number of methoxy groups -OCH3 is 1. The molecule has 0 radical (unpaired) electrons. The van der Waals surface area contributed by atoms with Gasteiger partial charge < -0.3 is 10.5 Å². The number of hydrogen-bond donors (Lipinski definition) is 1. The Balaban J connectivity index is 0.00000243. The molecule has 3 rings (SSSR count). The van der Waals surface area contributed by atoms with Gasteiger partial charge in [0.05, 0.1) is 24.9 Å². The predicted molar refractivity (Wildman–Crippen MR) is 100 cm³/mol. The largest absolute Gasteiger partial charge is 0.469 e. The van der Waals surface area contributed by atoms with Crippen LogP contribution in [0.4, 0.5) is 0 Å². The summed E-state index contributed by atoms with van der Waals surface area (Å²) in [5, 5.41) is 8.52. The number of nitrogens with zero attached hydrogens (tertiary/aromatic N) is 4. The van der Waals surface area contributed by atoms with Crippen LogP contribution < -0.4 is 5.73 Å². The van der Waals surface area contributed by atoms with Gasteiger partial charge in [-0.15, -0.1) is 22.6 Å². The molecule has 0 unspecified atom stereocenters. The second kappa shape index (κ2) is 9.07. The van der Waals surface area contributed by atoms with Gasteiger partial charge in [-0.05, 0) is 17.7 Å². The van der Waals surface area contributed by atoms with Crippen LogP contribution in [0.3, 0.4) is 0 Å². The summed E-state index contributed by atoms with van der Waals surface area (Å²) in [5.41, 5.74) is 9.26. The molecule has 2 N–H and O–H groups in total. The van der Waals surface area contributed by atoms with Crippen LogP contribution in [0, 0.1) is 0 Å². The molecule has 0 spiro atoms. The standard InChI is InChI=1S/C18H19N5O2.ClH/c1-25-18(24)9-6-15-11-23(12-20-15)17-8-7-16(21-22-17)14-4-2-13(10-19)3-5-14;/h2-5,7-8,11-12H,6,9-10,19H2,1H3;1H. The lowest BCUT2D eigenvalue weighted by Crippen LogP contribution is -2.02. The van der Waals surface area contributed by atoms with Crippen molar-refractivity contribution in [3.8, 4) is 17.1 Å². The number of hydrogen-bond acceptors (Lipinski definition) is 6. The molecule has 0 bridgehead atoms. The van der Waals surface area contributed by atoms with E-state index in [2.05, 4.69) is 19.9 Å². The van der Waals surface area contributed by atoms with E-state index in [9.17, 15) is 4.79 Å². The lowest BCUT2D eigenvalue weighted by molar-refractivity contribution is -0.140. The second-order valence-corrected chi connectivity index (χ2v) is 5.53. The van der Waals surface area contributed by atoms with Crippen molar-refractivity contribution in [2.45, 2.75) is 19.4 Å². The molecular formula is C18H20ClN5O2. The Hall–Kier alpha value is -2.77. The highest BCUT2D eigenvalue weighted by atomic mass is 35.5. The van der Waals surface area contributed by atoms with Crippen LogP contribution in [0.2, 0.25) is 0 Å². The Labute approximate surface area is 157 Å². The normalized spacial score (nSPS) is 10.2. The Morgan fingerprint density at radius 3 is 2.54 bits per heavy atom. The molecule has 2 aromatic heterocycles. The van der Waals surface area contributed by atoms with E-state index in [0.29, 0.717) is 25.2 Å². The molecule has 8 heteroatoms. The maximum Gasteiger partial charge on any atom is 0.305 e. The Bertz CT molecular complexity index is 847. The summed E-state index contributed by atoms with van der Waals surface area (Å²) in [4.78, 5) is 15.5. The van der Waals surface area contributed by atoms with Gasteiger partial charge in [-0.3, -0.25) is 9.36 Å². The molecule has 26 heavy (non-hydrogen) atoms. The molecule has 7 nitrogen and oxygen atoms in total. The van der Waals surface area contributed by atoms with Crippen molar-refractivity contribution >= 4 is 18.4 Å². The van der Waals surface area contributed by atoms with Gasteiger partial charge in [0.15, 0.2) is 5.82 Å². The van der Waals surface area contributed by atoms with Crippen LogP contribution in [0.1, 0.15) is 17.7 Å².